The average Bonchev–Trinajstić information content (AvgIpc) is 2.29. The molecule has 1 N–H and O–H groups in total. The number of nitrogens with zero attached hydrogens (tertiary/aromatic N) is 1. The second-order valence-electron chi connectivity index (χ2n) is 3.68. The van der Waals surface area contributed by atoms with Gasteiger partial charge in [0.15, 0.2) is 0 Å². The molecule has 16 heavy (non-hydrogen) atoms. The van der Waals surface area contributed by atoms with Crippen molar-refractivity contribution in [2.45, 2.75) is 12.8 Å². The molecule has 0 aliphatic rings. The fourth-order valence-corrected chi connectivity index (χ4v) is 1.65. The topological polar surface area (TPSA) is 24.9 Å². The van der Waals surface area contributed by atoms with E-state index in [-0.39, 0.29) is 0 Å². The molecule has 82 valence electrons. The zero-order chi connectivity index (χ0) is 11.4. The summed E-state index contributed by atoms with van der Waals surface area (Å²) in [5.41, 5.74) is 3.29. The van der Waals surface area contributed by atoms with Crippen LogP contribution < -0.4 is 5.32 Å². The number of rotatable bonds is 3. The Morgan fingerprint density at radius 3 is 2.88 bits per heavy atom. The first-order valence-electron chi connectivity index (χ1n) is 5.12. The van der Waals surface area contributed by atoms with Crippen LogP contribution in [0.3, 0.4) is 0 Å². The third-order valence-corrected chi connectivity index (χ3v) is 2.58. The minimum atomic E-state index is 0.525. The summed E-state index contributed by atoms with van der Waals surface area (Å²) in [6.45, 7) is 2.04. The smallest absolute Gasteiger partial charge is 0.130 e. The Bertz CT molecular complexity index is 483. The van der Waals surface area contributed by atoms with Crippen LogP contribution in [-0.2, 0) is 5.88 Å². The number of halogens is 1. The monoisotopic (exact) mass is 232 g/mol. The molecule has 0 saturated carbocycles. The van der Waals surface area contributed by atoms with Gasteiger partial charge < -0.3 is 5.32 Å². The predicted octanol–water partition coefficient (Wildman–Crippen LogP) is 3.87. The second kappa shape index (κ2) is 4.99. The first kappa shape index (κ1) is 11.0. The average molecular weight is 233 g/mol. The Morgan fingerprint density at radius 2 is 2.12 bits per heavy atom. The number of pyridine rings is 1. The molecule has 0 unspecified atom stereocenters. The van der Waals surface area contributed by atoms with Crippen molar-refractivity contribution < 1.29 is 0 Å². The molecule has 0 aliphatic heterocycles. The van der Waals surface area contributed by atoms with Gasteiger partial charge in [0.25, 0.3) is 0 Å². The molecule has 2 rings (SSSR count). The van der Waals surface area contributed by atoms with Crippen LogP contribution in [0.1, 0.15) is 11.1 Å². The van der Waals surface area contributed by atoms with Gasteiger partial charge in [-0.2, -0.15) is 0 Å². The van der Waals surface area contributed by atoms with Crippen molar-refractivity contribution in [2.75, 3.05) is 5.32 Å². The number of hydrogen-bond acceptors (Lipinski definition) is 2. The summed E-state index contributed by atoms with van der Waals surface area (Å²) in [5.74, 6) is 1.38. The number of anilines is 2. The zero-order valence-electron chi connectivity index (χ0n) is 9.07. The molecule has 2 nitrogen and oxygen atoms in total. The molecule has 0 spiro atoms. The lowest BCUT2D eigenvalue weighted by Gasteiger charge is -2.07. The van der Waals surface area contributed by atoms with Crippen LogP contribution in [0.25, 0.3) is 0 Å². The normalized spacial score (nSPS) is 10.1. The molecule has 0 bridgehead atoms. The summed E-state index contributed by atoms with van der Waals surface area (Å²) in [6, 6.07) is 12.0. The van der Waals surface area contributed by atoms with Gasteiger partial charge in [-0.15, -0.1) is 11.6 Å². The molecule has 1 aromatic heterocycles. The van der Waals surface area contributed by atoms with Crippen molar-refractivity contribution in [2.24, 2.45) is 0 Å². The minimum Gasteiger partial charge on any atom is -0.340 e. The van der Waals surface area contributed by atoms with E-state index in [0.29, 0.717) is 5.88 Å². The van der Waals surface area contributed by atoms with E-state index in [1.54, 1.807) is 6.20 Å². The van der Waals surface area contributed by atoms with Crippen LogP contribution in [0.2, 0.25) is 0 Å². The molecule has 1 aromatic carbocycles. The van der Waals surface area contributed by atoms with Gasteiger partial charge in [-0.25, -0.2) is 4.98 Å². The fourth-order valence-electron chi connectivity index (χ4n) is 1.48. The summed E-state index contributed by atoms with van der Waals surface area (Å²) >= 11 is 5.78. The van der Waals surface area contributed by atoms with Crippen LogP contribution in [0, 0.1) is 6.92 Å². The highest BCUT2D eigenvalue weighted by atomic mass is 35.5. The van der Waals surface area contributed by atoms with Crippen molar-refractivity contribution in [3.8, 4) is 0 Å². The van der Waals surface area contributed by atoms with E-state index in [9.17, 15) is 0 Å². The minimum absolute atomic E-state index is 0.525. The molecule has 0 amide bonds. The molecule has 1 heterocycles. The van der Waals surface area contributed by atoms with Crippen molar-refractivity contribution in [3.05, 3.63) is 53.7 Å². The number of hydrogen-bond donors (Lipinski definition) is 1. The summed E-state index contributed by atoms with van der Waals surface area (Å²) < 4.78 is 0. The Balaban J connectivity index is 2.20. The van der Waals surface area contributed by atoms with E-state index < -0.39 is 0 Å². The highest BCUT2D eigenvalue weighted by Crippen LogP contribution is 2.17. The second-order valence-corrected chi connectivity index (χ2v) is 3.94. The maximum atomic E-state index is 5.78. The van der Waals surface area contributed by atoms with Gasteiger partial charge in [0.2, 0.25) is 0 Å². The standard InChI is InChI=1S/C13H13ClN2/c1-10-5-6-15-13(7-10)16-12-4-2-3-11(8-12)9-14/h2-8H,9H2,1H3,(H,15,16). The van der Waals surface area contributed by atoms with Gasteiger partial charge in [-0.3, -0.25) is 0 Å². The van der Waals surface area contributed by atoms with E-state index in [1.165, 1.54) is 5.56 Å². The van der Waals surface area contributed by atoms with Crippen molar-refractivity contribution >= 4 is 23.1 Å². The summed E-state index contributed by atoms with van der Waals surface area (Å²) in [6.07, 6.45) is 1.79. The fraction of sp³-hybridized carbons (Fsp3) is 0.154. The Morgan fingerprint density at radius 1 is 1.25 bits per heavy atom. The summed E-state index contributed by atoms with van der Waals surface area (Å²) in [7, 11) is 0. The Kier molecular flexibility index (Phi) is 3.42. The maximum Gasteiger partial charge on any atom is 0.130 e. The third-order valence-electron chi connectivity index (χ3n) is 2.27. The maximum absolute atomic E-state index is 5.78. The molecular weight excluding hydrogens is 220 g/mol. The highest BCUT2D eigenvalue weighted by Gasteiger charge is 1.97. The van der Waals surface area contributed by atoms with E-state index >= 15 is 0 Å². The van der Waals surface area contributed by atoms with Crippen molar-refractivity contribution in [3.63, 3.8) is 0 Å². The lowest BCUT2D eigenvalue weighted by Crippen LogP contribution is -1.94. The number of benzene rings is 1. The van der Waals surface area contributed by atoms with Gasteiger partial charge in [0.1, 0.15) is 5.82 Å². The number of aryl methyl sites for hydroxylation is 1. The quantitative estimate of drug-likeness (QED) is 0.813. The van der Waals surface area contributed by atoms with Crippen LogP contribution in [0.4, 0.5) is 11.5 Å². The molecule has 0 radical (unpaired) electrons. The Hall–Kier alpha value is -1.54. The van der Waals surface area contributed by atoms with Crippen molar-refractivity contribution in [1.29, 1.82) is 0 Å². The largest absolute Gasteiger partial charge is 0.340 e. The SMILES string of the molecule is Cc1ccnc(Nc2cccc(CCl)c2)c1. The van der Waals surface area contributed by atoms with E-state index in [0.717, 1.165) is 17.1 Å². The molecule has 0 saturated heterocycles. The molecule has 3 heteroatoms. The van der Waals surface area contributed by atoms with E-state index in [2.05, 4.69) is 10.3 Å². The predicted molar refractivity (Wildman–Crippen MR) is 68.3 cm³/mol. The van der Waals surface area contributed by atoms with Crippen LogP contribution in [0.15, 0.2) is 42.6 Å². The first-order chi connectivity index (χ1) is 7.78. The van der Waals surface area contributed by atoms with Gasteiger partial charge in [-0.1, -0.05) is 12.1 Å². The van der Waals surface area contributed by atoms with Gasteiger partial charge >= 0.3 is 0 Å². The number of alkyl halides is 1. The van der Waals surface area contributed by atoms with Crippen LogP contribution >= 0.6 is 11.6 Å². The molecule has 0 fully saturated rings. The number of aromatic nitrogens is 1. The Labute approximate surface area is 100 Å². The molecule has 0 atom stereocenters. The third kappa shape index (κ3) is 2.74. The summed E-state index contributed by atoms with van der Waals surface area (Å²) in [4.78, 5) is 4.25. The van der Waals surface area contributed by atoms with E-state index in [4.69, 9.17) is 11.6 Å². The summed E-state index contributed by atoms with van der Waals surface area (Å²) in [5, 5.41) is 3.25. The molecule has 0 aliphatic carbocycles. The van der Waals surface area contributed by atoms with Crippen molar-refractivity contribution in [1.82, 2.24) is 4.98 Å². The van der Waals surface area contributed by atoms with Crippen LogP contribution in [0.5, 0.6) is 0 Å². The van der Waals surface area contributed by atoms with Gasteiger partial charge in [0, 0.05) is 17.8 Å². The number of nitrogens with one attached hydrogen (secondary N) is 1. The lowest BCUT2D eigenvalue weighted by molar-refractivity contribution is 1.27. The highest BCUT2D eigenvalue weighted by molar-refractivity contribution is 6.17. The van der Waals surface area contributed by atoms with Gasteiger partial charge in [-0.05, 0) is 42.3 Å². The van der Waals surface area contributed by atoms with Gasteiger partial charge in [0.05, 0.1) is 0 Å². The zero-order valence-corrected chi connectivity index (χ0v) is 9.83. The molecule has 2 aromatic rings. The van der Waals surface area contributed by atoms with E-state index in [1.807, 2.05) is 43.3 Å². The lowest BCUT2D eigenvalue weighted by atomic mass is 10.2. The van der Waals surface area contributed by atoms with Crippen LogP contribution in [-0.4, -0.2) is 4.98 Å². The molecular formula is C13H13ClN2. The first-order valence-corrected chi connectivity index (χ1v) is 5.66.